The van der Waals surface area contributed by atoms with Crippen molar-refractivity contribution in [2.75, 3.05) is 26.4 Å². The van der Waals surface area contributed by atoms with E-state index in [1.165, 1.54) is 15.9 Å². The number of anilines is 1. The van der Waals surface area contributed by atoms with Gasteiger partial charge in [0.15, 0.2) is 0 Å². The molecule has 1 unspecified atom stereocenters. The lowest BCUT2D eigenvalue weighted by molar-refractivity contribution is -0.132. The second-order valence-electron chi connectivity index (χ2n) is 4.09. The third kappa shape index (κ3) is 3.72. The summed E-state index contributed by atoms with van der Waals surface area (Å²) < 4.78 is 1.36. The van der Waals surface area contributed by atoms with Crippen molar-refractivity contribution in [3.8, 4) is 0 Å². The minimum atomic E-state index is -0.259. The largest absolute Gasteiger partial charge is 0.367 e. The Kier molecular flexibility index (Phi) is 4.64. The first-order valence-corrected chi connectivity index (χ1v) is 5.54. The summed E-state index contributed by atoms with van der Waals surface area (Å²) >= 11 is 0. The van der Waals surface area contributed by atoms with Crippen LogP contribution in [0.1, 0.15) is 6.92 Å². The number of amides is 2. The number of nitrogens with zero attached hydrogens (tertiary/aromatic N) is 4. The molecule has 0 aliphatic carbocycles. The highest BCUT2D eigenvalue weighted by atomic mass is 16.2. The Bertz CT molecular complexity index is 430. The normalized spacial score (nSPS) is 11.9. The van der Waals surface area contributed by atoms with E-state index < -0.39 is 0 Å². The topological polar surface area (TPSA) is 106 Å². The Morgan fingerprint density at radius 1 is 1.61 bits per heavy atom. The van der Waals surface area contributed by atoms with Gasteiger partial charge in [-0.3, -0.25) is 9.59 Å². The number of carbonyl (C=O) groups is 2. The molecule has 0 bridgehead atoms. The van der Waals surface area contributed by atoms with Crippen LogP contribution in [-0.2, 0) is 16.1 Å². The third-order valence-electron chi connectivity index (χ3n) is 2.52. The van der Waals surface area contributed by atoms with Crippen molar-refractivity contribution < 1.29 is 9.59 Å². The van der Waals surface area contributed by atoms with Gasteiger partial charge in [-0.2, -0.15) is 0 Å². The first kappa shape index (κ1) is 13.9. The summed E-state index contributed by atoms with van der Waals surface area (Å²) in [4.78, 5) is 28.4. The molecule has 0 aliphatic rings. The first-order valence-electron chi connectivity index (χ1n) is 5.54. The van der Waals surface area contributed by atoms with Gasteiger partial charge in [0, 0.05) is 20.6 Å². The molecule has 8 heteroatoms. The van der Waals surface area contributed by atoms with Crippen molar-refractivity contribution in [3.63, 3.8) is 0 Å². The Morgan fingerprint density at radius 2 is 2.28 bits per heavy atom. The fraction of sp³-hybridized carbons (Fsp3) is 0.600. The molecule has 1 rings (SSSR count). The third-order valence-corrected chi connectivity index (χ3v) is 2.52. The molecule has 1 aromatic heterocycles. The molecule has 0 saturated carbocycles. The van der Waals surface area contributed by atoms with E-state index in [0.29, 0.717) is 6.54 Å². The second-order valence-corrected chi connectivity index (χ2v) is 4.09. The van der Waals surface area contributed by atoms with E-state index in [4.69, 9.17) is 5.73 Å². The molecule has 18 heavy (non-hydrogen) atoms. The maximum atomic E-state index is 11.8. The monoisotopic (exact) mass is 254 g/mol. The van der Waals surface area contributed by atoms with Gasteiger partial charge >= 0.3 is 0 Å². The smallest absolute Gasteiger partial charge is 0.244 e. The second kappa shape index (κ2) is 5.99. The molecule has 1 aromatic rings. The van der Waals surface area contributed by atoms with Gasteiger partial charge in [0.25, 0.3) is 0 Å². The average molecular weight is 254 g/mol. The zero-order valence-corrected chi connectivity index (χ0v) is 10.8. The fourth-order valence-electron chi connectivity index (χ4n) is 1.49. The Balaban J connectivity index is 2.49. The fourth-order valence-corrected chi connectivity index (χ4v) is 1.49. The molecule has 8 nitrogen and oxygen atoms in total. The van der Waals surface area contributed by atoms with Crippen molar-refractivity contribution in [1.29, 1.82) is 0 Å². The lowest BCUT2D eigenvalue weighted by atomic mass is 10.1. The maximum absolute atomic E-state index is 11.8. The van der Waals surface area contributed by atoms with Crippen LogP contribution in [0.5, 0.6) is 0 Å². The zero-order valence-electron chi connectivity index (χ0n) is 10.8. The summed E-state index contributed by atoms with van der Waals surface area (Å²) in [6, 6.07) is 0. The SMILES string of the molecule is CNC(=O)C(C)CN(C)C(=O)Cn1cnc(N)n1. The highest BCUT2D eigenvalue weighted by Crippen LogP contribution is 2.00. The summed E-state index contributed by atoms with van der Waals surface area (Å²) in [5.74, 6) is -0.385. The van der Waals surface area contributed by atoms with Crippen molar-refractivity contribution in [1.82, 2.24) is 25.0 Å². The molecule has 0 radical (unpaired) electrons. The molecule has 0 aromatic carbocycles. The maximum Gasteiger partial charge on any atom is 0.244 e. The summed E-state index contributed by atoms with van der Waals surface area (Å²) in [7, 11) is 3.21. The van der Waals surface area contributed by atoms with Crippen LogP contribution in [0, 0.1) is 5.92 Å². The van der Waals surface area contributed by atoms with Gasteiger partial charge in [0.05, 0.1) is 5.92 Å². The van der Waals surface area contributed by atoms with E-state index >= 15 is 0 Å². The van der Waals surface area contributed by atoms with Crippen LogP contribution in [0.2, 0.25) is 0 Å². The van der Waals surface area contributed by atoms with Gasteiger partial charge < -0.3 is 16.0 Å². The number of aromatic nitrogens is 3. The standard InChI is InChI=1S/C10H18N6O2/c1-7(9(18)12-2)4-15(3)8(17)5-16-6-13-10(11)14-16/h6-7H,4-5H2,1-3H3,(H2,11,14)(H,12,18). The average Bonchev–Trinajstić information content (AvgIpc) is 2.73. The summed E-state index contributed by atoms with van der Waals surface area (Å²) in [5.41, 5.74) is 5.35. The lowest BCUT2D eigenvalue weighted by Gasteiger charge is -2.20. The molecule has 1 heterocycles. The van der Waals surface area contributed by atoms with Crippen LogP contribution in [0.15, 0.2) is 6.33 Å². The molecular formula is C10H18N6O2. The van der Waals surface area contributed by atoms with Crippen LogP contribution in [0.25, 0.3) is 0 Å². The number of rotatable bonds is 5. The number of likely N-dealkylation sites (N-methyl/N-ethyl adjacent to an activating group) is 1. The van der Waals surface area contributed by atoms with Crippen molar-refractivity contribution in [2.45, 2.75) is 13.5 Å². The van der Waals surface area contributed by atoms with Crippen LogP contribution < -0.4 is 11.1 Å². The quantitative estimate of drug-likeness (QED) is 0.679. The molecule has 0 aliphatic heterocycles. The summed E-state index contributed by atoms with van der Waals surface area (Å²) in [6.45, 7) is 2.17. The van der Waals surface area contributed by atoms with Gasteiger partial charge in [0.1, 0.15) is 12.9 Å². The van der Waals surface area contributed by atoms with Crippen LogP contribution in [0.3, 0.4) is 0 Å². The molecule has 2 amide bonds. The summed E-state index contributed by atoms with van der Waals surface area (Å²) in [6.07, 6.45) is 1.39. The van der Waals surface area contributed by atoms with Gasteiger partial charge in [-0.25, -0.2) is 9.67 Å². The van der Waals surface area contributed by atoms with Crippen LogP contribution in [-0.4, -0.2) is 52.1 Å². The van der Waals surface area contributed by atoms with E-state index in [1.54, 1.807) is 21.0 Å². The highest BCUT2D eigenvalue weighted by molar-refractivity contribution is 5.80. The van der Waals surface area contributed by atoms with E-state index in [-0.39, 0.29) is 30.2 Å². The number of hydrogen-bond donors (Lipinski definition) is 2. The minimum absolute atomic E-state index is 0.0567. The van der Waals surface area contributed by atoms with E-state index in [2.05, 4.69) is 15.4 Å². The molecule has 1 atom stereocenters. The van der Waals surface area contributed by atoms with E-state index in [0.717, 1.165) is 0 Å². The van der Waals surface area contributed by atoms with E-state index in [1.807, 2.05) is 0 Å². The van der Waals surface area contributed by atoms with Crippen LogP contribution >= 0.6 is 0 Å². The minimum Gasteiger partial charge on any atom is -0.367 e. The number of nitrogens with two attached hydrogens (primary N) is 1. The lowest BCUT2D eigenvalue weighted by Crippen LogP contribution is -2.38. The molecule has 3 N–H and O–H groups in total. The predicted molar refractivity (Wildman–Crippen MR) is 65.3 cm³/mol. The summed E-state index contributed by atoms with van der Waals surface area (Å²) in [5, 5.41) is 6.36. The molecular weight excluding hydrogens is 236 g/mol. The van der Waals surface area contributed by atoms with Gasteiger partial charge in [-0.15, -0.1) is 5.10 Å². The number of carbonyl (C=O) groups excluding carboxylic acids is 2. The van der Waals surface area contributed by atoms with Gasteiger partial charge in [0.2, 0.25) is 17.8 Å². The number of nitrogen functional groups attached to an aromatic ring is 1. The Labute approximate surface area is 105 Å². The highest BCUT2D eigenvalue weighted by Gasteiger charge is 2.17. The Morgan fingerprint density at radius 3 is 2.78 bits per heavy atom. The van der Waals surface area contributed by atoms with Crippen LogP contribution in [0.4, 0.5) is 5.95 Å². The van der Waals surface area contributed by atoms with Gasteiger partial charge in [-0.1, -0.05) is 6.92 Å². The first-order chi connectivity index (χ1) is 8.43. The van der Waals surface area contributed by atoms with Crippen molar-refractivity contribution in [2.24, 2.45) is 5.92 Å². The predicted octanol–water partition coefficient (Wildman–Crippen LogP) is -1.30. The number of nitrogens with one attached hydrogen (secondary N) is 1. The number of hydrogen-bond acceptors (Lipinski definition) is 5. The van der Waals surface area contributed by atoms with Crippen molar-refractivity contribution in [3.05, 3.63) is 6.33 Å². The Hall–Kier alpha value is -2.12. The molecule has 0 spiro atoms. The zero-order chi connectivity index (χ0) is 13.7. The molecule has 0 fully saturated rings. The molecule has 100 valence electrons. The van der Waals surface area contributed by atoms with Gasteiger partial charge in [-0.05, 0) is 0 Å². The van der Waals surface area contributed by atoms with E-state index in [9.17, 15) is 9.59 Å². The molecule has 0 saturated heterocycles. The van der Waals surface area contributed by atoms with Crippen molar-refractivity contribution >= 4 is 17.8 Å².